The van der Waals surface area contributed by atoms with E-state index in [2.05, 4.69) is 35.9 Å². The van der Waals surface area contributed by atoms with Crippen molar-refractivity contribution < 1.29 is 0 Å². The van der Waals surface area contributed by atoms with Crippen molar-refractivity contribution in [2.45, 2.75) is 39.7 Å². The van der Waals surface area contributed by atoms with Gasteiger partial charge in [0.1, 0.15) is 0 Å². The van der Waals surface area contributed by atoms with Gasteiger partial charge in [0.15, 0.2) is 0 Å². The quantitative estimate of drug-likeness (QED) is 0.708. The summed E-state index contributed by atoms with van der Waals surface area (Å²) >= 11 is 0. The number of likely N-dealkylation sites (tertiary alicyclic amines) is 1. The van der Waals surface area contributed by atoms with Crippen molar-refractivity contribution in [3.8, 4) is 11.8 Å². The predicted octanol–water partition coefficient (Wildman–Crippen LogP) is 1.72. The standard InChI is InChI=1S/C13H24N2/c1-4-6-9-15-10-7-13(12(3)11-15)14-8-5-2/h12-14H,5,7-11H2,1-3H3. The fraction of sp³-hybridized carbons (Fsp3) is 0.846. The van der Waals surface area contributed by atoms with Crippen LogP contribution in [0.25, 0.3) is 0 Å². The van der Waals surface area contributed by atoms with Gasteiger partial charge in [-0.05, 0) is 32.2 Å². The third-order valence-electron chi connectivity index (χ3n) is 3.13. The van der Waals surface area contributed by atoms with Gasteiger partial charge >= 0.3 is 0 Å². The Hall–Kier alpha value is -0.520. The Morgan fingerprint density at radius 2 is 2.27 bits per heavy atom. The highest BCUT2D eigenvalue weighted by Crippen LogP contribution is 2.16. The Labute approximate surface area is 94.4 Å². The SMILES string of the molecule is CC#CCN1CCC(NCCC)C(C)C1. The van der Waals surface area contributed by atoms with Crippen LogP contribution in [0.4, 0.5) is 0 Å². The van der Waals surface area contributed by atoms with Crippen molar-refractivity contribution in [1.82, 2.24) is 10.2 Å². The number of rotatable bonds is 4. The summed E-state index contributed by atoms with van der Waals surface area (Å²) in [5, 5.41) is 3.63. The number of nitrogens with zero attached hydrogens (tertiary/aromatic N) is 1. The summed E-state index contributed by atoms with van der Waals surface area (Å²) in [6, 6.07) is 0.718. The summed E-state index contributed by atoms with van der Waals surface area (Å²) in [5.41, 5.74) is 0. The largest absolute Gasteiger partial charge is 0.314 e. The minimum Gasteiger partial charge on any atom is -0.314 e. The van der Waals surface area contributed by atoms with Crippen LogP contribution in [0, 0.1) is 17.8 Å². The summed E-state index contributed by atoms with van der Waals surface area (Å²) in [5.74, 6) is 6.87. The zero-order valence-corrected chi connectivity index (χ0v) is 10.3. The number of nitrogens with one attached hydrogen (secondary N) is 1. The Morgan fingerprint density at radius 1 is 1.47 bits per heavy atom. The summed E-state index contributed by atoms with van der Waals surface area (Å²) in [7, 11) is 0. The molecule has 0 bridgehead atoms. The van der Waals surface area contributed by atoms with E-state index in [0.717, 1.165) is 25.0 Å². The molecular weight excluding hydrogens is 184 g/mol. The van der Waals surface area contributed by atoms with Crippen molar-refractivity contribution in [2.24, 2.45) is 5.92 Å². The van der Waals surface area contributed by atoms with Crippen LogP contribution >= 0.6 is 0 Å². The Bertz CT molecular complexity index is 226. The second kappa shape index (κ2) is 6.87. The number of hydrogen-bond acceptors (Lipinski definition) is 2. The fourth-order valence-electron chi connectivity index (χ4n) is 2.20. The van der Waals surface area contributed by atoms with E-state index in [1.54, 1.807) is 0 Å². The molecule has 15 heavy (non-hydrogen) atoms. The lowest BCUT2D eigenvalue weighted by molar-refractivity contribution is 0.162. The molecule has 2 unspecified atom stereocenters. The Balaban J connectivity index is 2.29. The van der Waals surface area contributed by atoms with E-state index in [1.807, 2.05) is 6.92 Å². The van der Waals surface area contributed by atoms with Gasteiger partial charge in [-0.1, -0.05) is 19.8 Å². The molecule has 0 radical (unpaired) electrons. The summed E-state index contributed by atoms with van der Waals surface area (Å²) in [6.45, 7) is 11.0. The summed E-state index contributed by atoms with van der Waals surface area (Å²) in [6.07, 6.45) is 2.50. The second-order valence-electron chi connectivity index (χ2n) is 4.49. The zero-order valence-electron chi connectivity index (χ0n) is 10.3. The Morgan fingerprint density at radius 3 is 2.87 bits per heavy atom. The lowest BCUT2D eigenvalue weighted by atomic mass is 9.94. The molecule has 0 aromatic carbocycles. The van der Waals surface area contributed by atoms with Crippen LogP contribution in [0.5, 0.6) is 0 Å². The predicted molar refractivity (Wildman–Crippen MR) is 65.8 cm³/mol. The van der Waals surface area contributed by atoms with Crippen molar-refractivity contribution in [2.75, 3.05) is 26.2 Å². The van der Waals surface area contributed by atoms with Gasteiger partial charge < -0.3 is 5.32 Å². The van der Waals surface area contributed by atoms with Gasteiger partial charge in [-0.15, -0.1) is 5.92 Å². The van der Waals surface area contributed by atoms with E-state index in [1.165, 1.54) is 25.9 Å². The van der Waals surface area contributed by atoms with Crippen LogP contribution in [0.1, 0.15) is 33.6 Å². The number of piperidine rings is 1. The van der Waals surface area contributed by atoms with Gasteiger partial charge in [0.05, 0.1) is 6.54 Å². The maximum atomic E-state index is 3.63. The fourth-order valence-corrected chi connectivity index (χ4v) is 2.20. The molecule has 0 saturated carbocycles. The first-order chi connectivity index (χ1) is 7.27. The van der Waals surface area contributed by atoms with Crippen LogP contribution in [-0.4, -0.2) is 37.1 Å². The molecule has 0 spiro atoms. The molecule has 0 aromatic rings. The average Bonchev–Trinajstić information content (AvgIpc) is 2.25. The highest BCUT2D eigenvalue weighted by atomic mass is 15.1. The lowest BCUT2D eigenvalue weighted by Crippen LogP contribution is -2.48. The molecule has 1 aliphatic rings. The van der Waals surface area contributed by atoms with Gasteiger partial charge in [0.2, 0.25) is 0 Å². The van der Waals surface area contributed by atoms with Gasteiger partial charge in [-0.25, -0.2) is 0 Å². The molecule has 86 valence electrons. The first-order valence-corrected chi connectivity index (χ1v) is 6.13. The molecule has 2 nitrogen and oxygen atoms in total. The monoisotopic (exact) mass is 208 g/mol. The second-order valence-corrected chi connectivity index (χ2v) is 4.49. The molecular formula is C13H24N2. The highest BCUT2D eigenvalue weighted by molar-refractivity contribution is 4.99. The van der Waals surface area contributed by atoms with E-state index in [-0.39, 0.29) is 0 Å². The maximum Gasteiger partial charge on any atom is 0.0601 e. The van der Waals surface area contributed by atoms with Crippen LogP contribution in [0.2, 0.25) is 0 Å². The van der Waals surface area contributed by atoms with E-state index < -0.39 is 0 Å². The minimum absolute atomic E-state index is 0.718. The third-order valence-corrected chi connectivity index (χ3v) is 3.13. The van der Waals surface area contributed by atoms with Crippen molar-refractivity contribution in [3.63, 3.8) is 0 Å². The van der Waals surface area contributed by atoms with Gasteiger partial charge in [-0.2, -0.15) is 0 Å². The molecule has 1 aliphatic heterocycles. The molecule has 1 saturated heterocycles. The summed E-state index contributed by atoms with van der Waals surface area (Å²) < 4.78 is 0. The smallest absolute Gasteiger partial charge is 0.0601 e. The molecule has 1 rings (SSSR count). The topological polar surface area (TPSA) is 15.3 Å². The molecule has 1 heterocycles. The molecule has 2 atom stereocenters. The van der Waals surface area contributed by atoms with Crippen molar-refractivity contribution in [1.29, 1.82) is 0 Å². The van der Waals surface area contributed by atoms with Crippen LogP contribution in [0.3, 0.4) is 0 Å². The molecule has 1 N–H and O–H groups in total. The van der Waals surface area contributed by atoms with E-state index >= 15 is 0 Å². The van der Waals surface area contributed by atoms with E-state index in [0.29, 0.717) is 0 Å². The summed E-state index contributed by atoms with van der Waals surface area (Å²) in [4.78, 5) is 2.46. The van der Waals surface area contributed by atoms with Gasteiger partial charge in [0.25, 0.3) is 0 Å². The van der Waals surface area contributed by atoms with Crippen LogP contribution in [0.15, 0.2) is 0 Å². The van der Waals surface area contributed by atoms with E-state index in [9.17, 15) is 0 Å². The normalized spacial score (nSPS) is 27.1. The lowest BCUT2D eigenvalue weighted by Gasteiger charge is -2.36. The molecule has 0 amide bonds. The minimum atomic E-state index is 0.718. The highest BCUT2D eigenvalue weighted by Gasteiger charge is 2.24. The maximum absolute atomic E-state index is 3.63. The van der Waals surface area contributed by atoms with Crippen molar-refractivity contribution in [3.05, 3.63) is 0 Å². The van der Waals surface area contributed by atoms with Crippen LogP contribution in [-0.2, 0) is 0 Å². The number of hydrogen-bond donors (Lipinski definition) is 1. The first-order valence-electron chi connectivity index (χ1n) is 6.13. The van der Waals surface area contributed by atoms with Gasteiger partial charge in [0, 0.05) is 19.1 Å². The molecule has 2 heteroatoms. The average molecular weight is 208 g/mol. The van der Waals surface area contributed by atoms with Crippen molar-refractivity contribution >= 4 is 0 Å². The molecule has 1 fully saturated rings. The molecule has 0 aromatic heterocycles. The first kappa shape index (κ1) is 12.5. The molecule has 0 aliphatic carbocycles. The zero-order chi connectivity index (χ0) is 11.1. The van der Waals surface area contributed by atoms with E-state index in [4.69, 9.17) is 0 Å². The Kier molecular flexibility index (Phi) is 5.75. The van der Waals surface area contributed by atoms with Gasteiger partial charge in [-0.3, -0.25) is 4.90 Å². The third kappa shape index (κ3) is 4.24. The van der Waals surface area contributed by atoms with Crippen LogP contribution < -0.4 is 5.32 Å².